The molecule has 4 heteroatoms. The van der Waals surface area contributed by atoms with E-state index in [0.29, 0.717) is 13.2 Å². The van der Waals surface area contributed by atoms with Gasteiger partial charge in [-0.2, -0.15) is 0 Å². The lowest BCUT2D eigenvalue weighted by Gasteiger charge is -2.41. The molecular weight excluding hydrogens is 308 g/mol. The van der Waals surface area contributed by atoms with Gasteiger partial charge in [0.1, 0.15) is 0 Å². The molecular formula is C15H25BrO3. The first-order chi connectivity index (χ1) is 9.06. The quantitative estimate of drug-likeness (QED) is 0.384. The summed E-state index contributed by atoms with van der Waals surface area (Å²) in [5.74, 6) is -0.0972. The summed E-state index contributed by atoms with van der Waals surface area (Å²) in [5.41, 5.74) is -0.935. The Kier molecular flexibility index (Phi) is 6.54. The van der Waals surface area contributed by atoms with E-state index in [-0.39, 0.29) is 5.97 Å². The molecule has 1 aliphatic carbocycles. The first-order valence-electron chi connectivity index (χ1n) is 7.04. The average molecular weight is 333 g/mol. The van der Waals surface area contributed by atoms with Crippen molar-refractivity contribution in [3.8, 4) is 0 Å². The highest BCUT2D eigenvalue weighted by atomic mass is 79.9. The summed E-state index contributed by atoms with van der Waals surface area (Å²) in [5, 5.41) is 0.895. The standard InChI is InChI=1S/C15H25BrO3/c1-4-12-19-14(3)8-6-9-15(14,10-7-11-16)13(17)18-5-2/h4H,1,5-12H2,2-3H3/t14-,15-/m1/s1. The number of halogens is 1. The Morgan fingerprint density at radius 1 is 1.47 bits per heavy atom. The third-order valence-corrected chi connectivity index (χ3v) is 4.75. The van der Waals surface area contributed by atoms with Crippen molar-refractivity contribution >= 4 is 21.9 Å². The molecule has 1 rings (SSSR count). The van der Waals surface area contributed by atoms with Crippen molar-refractivity contribution < 1.29 is 14.3 Å². The Labute approximate surface area is 124 Å². The SMILES string of the molecule is C=CCO[C@]1(C)CCC[C@@]1(CCCBr)C(=O)OCC. The number of carbonyl (C=O) groups is 1. The molecule has 1 fully saturated rings. The average Bonchev–Trinajstić information content (AvgIpc) is 2.73. The van der Waals surface area contributed by atoms with E-state index in [2.05, 4.69) is 29.4 Å². The molecule has 0 bridgehead atoms. The van der Waals surface area contributed by atoms with Crippen molar-refractivity contribution in [2.24, 2.45) is 5.41 Å². The fourth-order valence-electron chi connectivity index (χ4n) is 3.13. The van der Waals surface area contributed by atoms with E-state index in [9.17, 15) is 4.79 Å². The number of hydrogen-bond donors (Lipinski definition) is 0. The minimum absolute atomic E-state index is 0.0972. The van der Waals surface area contributed by atoms with Crippen molar-refractivity contribution in [1.82, 2.24) is 0 Å². The number of alkyl halides is 1. The Morgan fingerprint density at radius 2 is 2.21 bits per heavy atom. The number of ether oxygens (including phenoxy) is 2. The summed E-state index contributed by atoms with van der Waals surface area (Å²) in [6.07, 6.45) is 6.27. The monoisotopic (exact) mass is 332 g/mol. The molecule has 19 heavy (non-hydrogen) atoms. The maximum absolute atomic E-state index is 12.5. The minimum Gasteiger partial charge on any atom is -0.465 e. The lowest BCUT2D eigenvalue weighted by atomic mass is 9.71. The predicted molar refractivity (Wildman–Crippen MR) is 80.5 cm³/mol. The van der Waals surface area contributed by atoms with Gasteiger partial charge in [0, 0.05) is 5.33 Å². The second kappa shape index (κ2) is 7.44. The van der Waals surface area contributed by atoms with Gasteiger partial charge in [-0.25, -0.2) is 0 Å². The van der Waals surface area contributed by atoms with Crippen LogP contribution in [0.25, 0.3) is 0 Å². The van der Waals surface area contributed by atoms with Gasteiger partial charge in [0.05, 0.1) is 24.2 Å². The summed E-state index contributed by atoms with van der Waals surface area (Å²) < 4.78 is 11.3. The van der Waals surface area contributed by atoms with Crippen LogP contribution in [0.5, 0.6) is 0 Å². The van der Waals surface area contributed by atoms with Crippen molar-refractivity contribution in [2.75, 3.05) is 18.5 Å². The van der Waals surface area contributed by atoms with E-state index in [0.717, 1.165) is 37.4 Å². The van der Waals surface area contributed by atoms with Crippen LogP contribution in [-0.4, -0.2) is 30.1 Å². The number of carbonyl (C=O) groups excluding carboxylic acids is 1. The molecule has 0 heterocycles. The molecule has 0 aliphatic heterocycles. The topological polar surface area (TPSA) is 35.5 Å². The normalized spacial score (nSPS) is 30.3. The van der Waals surface area contributed by atoms with Crippen LogP contribution in [-0.2, 0) is 14.3 Å². The fourth-order valence-corrected chi connectivity index (χ4v) is 3.41. The third-order valence-electron chi connectivity index (χ3n) is 4.19. The number of hydrogen-bond acceptors (Lipinski definition) is 3. The molecule has 1 aliphatic rings. The van der Waals surface area contributed by atoms with Crippen LogP contribution in [0.1, 0.15) is 46.0 Å². The smallest absolute Gasteiger partial charge is 0.314 e. The van der Waals surface area contributed by atoms with Crippen LogP contribution in [0.15, 0.2) is 12.7 Å². The Balaban J connectivity index is 2.98. The molecule has 0 amide bonds. The molecule has 110 valence electrons. The number of rotatable bonds is 8. The molecule has 0 aromatic carbocycles. The molecule has 0 N–H and O–H groups in total. The lowest BCUT2D eigenvalue weighted by molar-refractivity contribution is -0.176. The molecule has 0 radical (unpaired) electrons. The van der Waals surface area contributed by atoms with Crippen LogP contribution in [0.3, 0.4) is 0 Å². The molecule has 0 saturated heterocycles. The van der Waals surface area contributed by atoms with Crippen molar-refractivity contribution in [3.63, 3.8) is 0 Å². The first kappa shape index (κ1) is 16.7. The summed E-state index contributed by atoms with van der Waals surface area (Å²) in [6, 6.07) is 0. The van der Waals surface area contributed by atoms with E-state index in [1.165, 1.54) is 0 Å². The second-order valence-corrected chi connectivity index (χ2v) is 6.07. The molecule has 3 nitrogen and oxygen atoms in total. The predicted octanol–water partition coefficient (Wildman–Crippen LogP) is 3.86. The van der Waals surface area contributed by atoms with Crippen molar-refractivity contribution in [2.45, 2.75) is 51.6 Å². The molecule has 0 unspecified atom stereocenters. The van der Waals surface area contributed by atoms with E-state index in [1.54, 1.807) is 6.08 Å². The van der Waals surface area contributed by atoms with E-state index >= 15 is 0 Å². The second-order valence-electron chi connectivity index (χ2n) is 5.28. The van der Waals surface area contributed by atoms with Crippen LogP contribution >= 0.6 is 15.9 Å². The van der Waals surface area contributed by atoms with Crippen LogP contribution < -0.4 is 0 Å². The maximum Gasteiger partial charge on any atom is 0.314 e. The van der Waals surface area contributed by atoms with Crippen LogP contribution in [0.2, 0.25) is 0 Å². The molecule has 1 saturated carbocycles. The van der Waals surface area contributed by atoms with Crippen molar-refractivity contribution in [3.05, 3.63) is 12.7 Å². The molecule has 0 aromatic heterocycles. The van der Waals surface area contributed by atoms with Gasteiger partial charge in [-0.05, 0) is 46.0 Å². The van der Waals surface area contributed by atoms with Gasteiger partial charge in [-0.3, -0.25) is 4.79 Å². The first-order valence-corrected chi connectivity index (χ1v) is 8.16. The number of esters is 1. The molecule has 0 spiro atoms. The Bertz CT molecular complexity index is 319. The van der Waals surface area contributed by atoms with Crippen molar-refractivity contribution in [1.29, 1.82) is 0 Å². The zero-order valence-electron chi connectivity index (χ0n) is 12.0. The van der Waals surface area contributed by atoms with Crippen LogP contribution in [0.4, 0.5) is 0 Å². The lowest BCUT2D eigenvalue weighted by Crippen LogP contribution is -2.50. The molecule has 2 atom stereocenters. The maximum atomic E-state index is 12.5. The van der Waals surface area contributed by atoms with Gasteiger partial charge in [-0.15, -0.1) is 6.58 Å². The highest BCUT2D eigenvalue weighted by Gasteiger charge is 2.58. The van der Waals surface area contributed by atoms with Gasteiger partial charge in [0.15, 0.2) is 0 Å². The van der Waals surface area contributed by atoms with E-state index in [4.69, 9.17) is 9.47 Å². The van der Waals surface area contributed by atoms with Gasteiger partial charge < -0.3 is 9.47 Å². The summed E-state index contributed by atoms with van der Waals surface area (Å²) in [6.45, 7) is 8.50. The van der Waals surface area contributed by atoms with E-state index in [1.807, 2.05) is 6.92 Å². The van der Waals surface area contributed by atoms with Gasteiger partial charge in [-0.1, -0.05) is 22.0 Å². The summed E-state index contributed by atoms with van der Waals surface area (Å²) >= 11 is 3.45. The molecule has 0 aromatic rings. The zero-order valence-corrected chi connectivity index (χ0v) is 13.6. The fraction of sp³-hybridized carbons (Fsp3) is 0.800. The summed E-state index contributed by atoms with van der Waals surface area (Å²) in [4.78, 5) is 12.5. The van der Waals surface area contributed by atoms with Crippen LogP contribution in [0, 0.1) is 5.41 Å². The van der Waals surface area contributed by atoms with Gasteiger partial charge in [0.2, 0.25) is 0 Å². The highest BCUT2D eigenvalue weighted by Crippen LogP contribution is 2.52. The zero-order chi connectivity index (χ0) is 14.4. The Morgan fingerprint density at radius 3 is 2.79 bits per heavy atom. The van der Waals surface area contributed by atoms with E-state index < -0.39 is 11.0 Å². The minimum atomic E-state index is -0.500. The Hall–Kier alpha value is -0.350. The van der Waals surface area contributed by atoms with Gasteiger partial charge >= 0.3 is 5.97 Å². The third kappa shape index (κ3) is 3.40. The highest BCUT2D eigenvalue weighted by molar-refractivity contribution is 9.09. The largest absolute Gasteiger partial charge is 0.465 e. The van der Waals surface area contributed by atoms with Gasteiger partial charge in [0.25, 0.3) is 0 Å². The summed E-state index contributed by atoms with van der Waals surface area (Å²) in [7, 11) is 0.